The third kappa shape index (κ3) is 3.00. The van der Waals surface area contributed by atoms with Crippen LogP contribution in [-0.2, 0) is 6.54 Å². The lowest BCUT2D eigenvalue weighted by Gasteiger charge is -2.26. The number of methoxy groups -OCH3 is 1. The third-order valence-electron chi connectivity index (χ3n) is 3.48. The topological polar surface area (TPSA) is 37.4 Å². The van der Waals surface area contributed by atoms with Crippen LogP contribution in [-0.4, -0.2) is 43.2 Å². The monoisotopic (exact) mass is 289 g/mol. The molecule has 4 nitrogen and oxygen atoms in total. The van der Waals surface area contributed by atoms with Gasteiger partial charge in [0.25, 0.3) is 0 Å². The molecule has 0 spiro atoms. The fourth-order valence-electron chi connectivity index (χ4n) is 2.42. The van der Waals surface area contributed by atoms with Crippen molar-refractivity contribution in [2.24, 2.45) is 0 Å². The van der Waals surface area contributed by atoms with Crippen LogP contribution in [0.5, 0.6) is 5.75 Å². The summed E-state index contributed by atoms with van der Waals surface area (Å²) in [6.45, 7) is 5.28. The van der Waals surface area contributed by atoms with Gasteiger partial charge in [-0.15, -0.1) is 11.3 Å². The number of hydrogen-bond acceptors (Lipinski definition) is 5. The number of para-hydroxylation sites is 1. The lowest BCUT2D eigenvalue weighted by Crippen LogP contribution is -2.42. The summed E-state index contributed by atoms with van der Waals surface area (Å²) in [5, 5.41) is 6.56. The minimum absolute atomic E-state index is 0.885. The van der Waals surface area contributed by atoms with Gasteiger partial charge in [0.15, 0.2) is 0 Å². The summed E-state index contributed by atoms with van der Waals surface area (Å²) < 4.78 is 5.41. The highest BCUT2D eigenvalue weighted by molar-refractivity contribution is 7.13. The van der Waals surface area contributed by atoms with Crippen LogP contribution in [0.3, 0.4) is 0 Å². The van der Waals surface area contributed by atoms with Gasteiger partial charge in [-0.3, -0.25) is 4.90 Å². The first-order valence-electron chi connectivity index (χ1n) is 6.87. The minimum Gasteiger partial charge on any atom is -0.496 e. The highest BCUT2D eigenvalue weighted by Gasteiger charge is 2.13. The van der Waals surface area contributed by atoms with Crippen LogP contribution in [0.4, 0.5) is 0 Å². The van der Waals surface area contributed by atoms with Crippen molar-refractivity contribution in [1.29, 1.82) is 0 Å². The lowest BCUT2D eigenvalue weighted by atomic mass is 10.2. The number of hydrogen-bond donors (Lipinski definition) is 1. The zero-order chi connectivity index (χ0) is 13.8. The van der Waals surface area contributed by atoms with E-state index in [0.717, 1.165) is 54.7 Å². The van der Waals surface area contributed by atoms with Gasteiger partial charge in [-0.1, -0.05) is 12.1 Å². The van der Waals surface area contributed by atoms with Crippen molar-refractivity contribution in [1.82, 2.24) is 15.2 Å². The van der Waals surface area contributed by atoms with Crippen LogP contribution in [0.15, 0.2) is 29.6 Å². The van der Waals surface area contributed by atoms with Crippen LogP contribution >= 0.6 is 11.3 Å². The van der Waals surface area contributed by atoms with Crippen LogP contribution in [0.1, 0.15) is 5.69 Å². The second kappa shape index (κ2) is 6.35. The van der Waals surface area contributed by atoms with Crippen LogP contribution in [0.2, 0.25) is 0 Å². The molecule has 1 aromatic carbocycles. The van der Waals surface area contributed by atoms with E-state index in [2.05, 4.69) is 21.7 Å². The molecule has 1 aliphatic rings. The van der Waals surface area contributed by atoms with E-state index in [1.54, 1.807) is 18.4 Å². The average molecular weight is 289 g/mol. The zero-order valence-corrected chi connectivity index (χ0v) is 12.4. The molecular weight excluding hydrogens is 270 g/mol. The van der Waals surface area contributed by atoms with E-state index < -0.39 is 0 Å². The van der Waals surface area contributed by atoms with Crippen LogP contribution < -0.4 is 10.1 Å². The number of rotatable bonds is 4. The predicted molar refractivity (Wildman–Crippen MR) is 82.2 cm³/mol. The second-order valence-corrected chi connectivity index (χ2v) is 5.73. The molecule has 2 heterocycles. The standard InChI is InChI=1S/C15H19N3OS/c1-19-14-5-3-2-4-13(14)15-17-12(11-20-15)10-18-8-6-16-7-9-18/h2-5,11,16H,6-10H2,1H3. The number of benzene rings is 1. The maximum Gasteiger partial charge on any atom is 0.129 e. The number of aromatic nitrogens is 1. The maximum atomic E-state index is 5.41. The highest BCUT2D eigenvalue weighted by atomic mass is 32.1. The molecule has 0 radical (unpaired) electrons. The van der Waals surface area contributed by atoms with Gasteiger partial charge in [0.2, 0.25) is 0 Å². The van der Waals surface area contributed by atoms with E-state index in [1.165, 1.54) is 0 Å². The molecule has 1 aromatic heterocycles. The molecule has 0 saturated carbocycles. The molecule has 0 amide bonds. The van der Waals surface area contributed by atoms with Crippen molar-refractivity contribution >= 4 is 11.3 Å². The predicted octanol–water partition coefficient (Wildman–Crippen LogP) is 2.22. The Morgan fingerprint density at radius 1 is 1.30 bits per heavy atom. The molecule has 1 fully saturated rings. The van der Waals surface area contributed by atoms with Gasteiger partial charge in [0.05, 0.1) is 18.4 Å². The normalized spacial score (nSPS) is 16.2. The Morgan fingerprint density at radius 2 is 2.10 bits per heavy atom. The Balaban J connectivity index is 1.75. The van der Waals surface area contributed by atoms with Gasteiger partial charge in [0, 0.05) is 38.1 Å². The first kappa shape index (κ1) is 13.5. The van der Waals surface area contributed by atoms with Gasteiger partial charge in [-0.25, -0.2) is 4.98 Å². The number of piperazine rings is 1. The van der Waals surface area contributed by atoms with Crippen molar-refractivity contribution in [2.45, 2.75) is 6.54 Å². The quantitative estimate of drug-likeness (QED) is 0.936. The highest BCUT2D eigenvalue weighted by Crippen LogP contribution is 2.32. The van der Waals surface area contributed by atoms with E-state index in [0.29, 0.717) is 0 Å². The van der Waals surface area contributed by atoms with E-state index in [1.807, 2.05) is 18.2 Å². The molecule has 0 atom stereocenters. The Kier molecular flexibility index (Phi) is 4.30. The molecule has 2 aromatic rings. The number of nitrogens with zero attached hydrogens (tertiary/aromatic N) is 2. The fourth-order valence-corrected chi connectivity index (χ4v) is 3.26. The summed E-state index contributed by atoms with van der Waals surface area (Å²) in [6, 6.07) is 8.05. The summed E-state index contributed by atoms with van der Waals surface area (Å²) in [4.78, 5) is 7.20. The minimum atomic E-state index is 0.885. The smallest absolute Gasteiger partial charge is 0.129 e. The van der Waals surface area contributed by atoms with Gasteiger partial charge >= 0.3 is 0 Å². The molecule has 20 heavy (non-hydrogen) atoms. The molecule has 0 unspecified atom stereocenters. The number of thiazole rings is 1. The first-order valence-corrected chi connectivity index (χ1v) is 7.75. The van der Waals surface area contributed by atoms with E-state index in [9.17, 15) is 0 Å². The molecule has 1 aliphatic heterocycles. The summed E-state index contributed by atoms with van der Waals surface area (Å²) in [5.74, 6) is 0.885. The molecule has 0 aliphatic carbocycles. The van der Waals surface area contributed by atoms with Crippen LogP contribution in [0, 0.1) is 0 Å². The van der Waals surface area contributed by atoms with Gasteiger partial charge < -0.3 is 10.1 Å². The molecule has 3 rings (SSSR count). The average Bonchev–Trinajstić information content (AvgIpc) is 2.96. The maximum absolute atomic E-state index is 5.41. The molecule has 0 bridgehead atoms. The molecule has 1 N–H and O–H groups in total. The SMILES string of the molecule is COc1ccccc1-c1nc(CN2CCNCC2)cs1. The van der Waals surface area contributed by atoms with Crippen LogP contribution in [0.25, 0.3) is 10.6 Å². The zero-order valence-electron chi connectivity index (χ0n) is 11.6. The molecule has 5 heteroatoms. The Hall–Kier alpha value is -1.43. The van der Waals surface area contributed by atoms with E-state index in [4.69, 9.17) is 9.72 Å². The van der Waals surface area contributed by atoms with Gasteiger partial charge in [-0.2, -0.15) is 0 Å². The summed E-state index contributed by atoms with van der Waals surface area (Å²) in [6.07, 6.45) is 0. The van der Waals surface area contributed by atoms with Gasteiger partial charge in [0.1, 0.15) is 10.8 Å². The molecular formula is C15H19N3OS. The van der Waals surface area contributed by atoms with Crippen molar-refractivity contribution in [2.75, 3.05) is 33.3 Å². The van der Waals surface area contributed by atoms with Gasteiger partial charge in [-0.05, 0) is 12.1 Å². The Bertz CT molecular complexity index is 564. The first-order chi connectivity index (χ1) is 9.86. The Morgan fingerprint density at radius 3 is 2.90 bits per heavy atom. The summed E-state index contributed by atoms with van der Waals surface area (Å²) in [5.41, 5.74) is 2.23. The number of nitrogens with one attached hydrogen (secondary N) is 1. The number of ether oxygens (including phenoxy) is 1. The largest absolute Gasteiger partial charge is 0.496 e. The molecule has 1 saturated heterocycles. The molecule has 106 valence electrons. The van der Waals surface area contributed by atoms with E-state index >= 15 is 0 Å². The Labute approximate surface area is 123 Å². The lowest BCUT2D eigenvalue weighted by molar-refractivity contribution is 0.231. The third-order valence-corrected chi connectivity index (χ3v) is 4.41. The van der Waals surface area contributed by atoms with Crippen molar-refractivity contribution in [3.63, 3.8) is 0 Å². The van der Waals surface area contributed by atoms with Crippen molar-refractivity contribution in [3.05, 3.63) is 35.3 Å². The summed E-state index contributed by atoms with van der Waals surface area (Å²) in [7, 11) is 1.70. The summed E-state index contributed by atoms with van der Waals surface area (Å²) >= 11 is 1.69. The van der Waals surface area contributed by atoms with E-state index in [-0.39, 0.29) is 0 Å². The van der Waals surface area contributed by atoms with Crippen molar-refractivity contribution in [3.8, 4) is 16.3 Å². The second-order valence-electron chi connectivity index (χ2n) is 4.87. The fraction of sp³-hybridized carbons (Fsp3) is 0.400. The van der Waals surface area contributed by atoms with Crippen molar-refractivity contribution < 1.29 is 4.74 Å².